The van der Waals surface area contributed by atoms with Gasteiger partial charge in [0.2, 0.25) is 0 Å². The molecule has 0 saturated heterocycles. The highest BCUT2D eigenvalue weighted by Gasteiger charge is 2.15. The van der Waals surface area contributed by atoms with Crippen molar-refractivity contribution in [3.63, 3.8) is 0 Å². The smallest absolute Gasteiger partial charge is 0.271 e. The Labute approximate surface area is 162 Å². The van der Waals surface area contributed by atoms with Crippen LogP contribution in [-0.2, 0) is 10.5 Å². The molecule has 6 heteroatoms. The number of hydrogen-bond donors (Lipinski definition) is 1. The summed E-state index contributed by atoms with van der Waals surface area (Å²) in [4.78, 5) is 24.7. The molecule has 26 heavy (non-hydrogen) atoms. The zero-order valence-corrected chi connectivity index (χ0v) is 15.8. The summed E-state index contributed by atoms with van der Waals surface area (Å²) in [5, 5.41) is 4.82. The fourth-order valence-corrected chi connectivity index (χ4v) is 3.61. The van der Waals surface area contributed by atoms with E-state index in [1.807, 2.05) is 36.4 Å². The highest BCUT2D eigenvalue weighted by atomic mass is 35.5. The molecule has 0 unspecified atom stereocenters. The van der Waals surface area contributed by atoms with Crippen LogP contribution in [0.3, 0.4) is 0 Å². The van der Waals surface area contributed by atoms with E-state index in [2.05, 4.69) is 10.5 Å². The van der Waals surface area contributed by atoms with Gasteiger partial charge in [0, 0.05) is 39.8 Å². The number of nitrogens with one attached hydrogen (secondary N) is 1. The lowest BCUT2D eigenvalue weighted by Gasteiger charge is -2.11. The molecule has 0 radical (unpaired) electrons. The van der Waals surface area contributed by atoms with Crippen molar-refractivity contribution in [2.75, 3.05) is 0 Å². The monoisotopic (exact) mass is 386 g/mol. The van der Waals surface area contributed by atoms with Gasteiger partial charge in [-0.2, -0.15) is 5.10 Å². The number of rotatable bonds is 5. The van der Waals surface area contributed by atoms with Crippen LogP contribution in [0.15, 0.2) is 58.5 Å². The van der Waals surface area contributed by atoms with Crippen LogP contribution in [0.25, 0.3) is 0 Å². The molecule has 1 N–H and O–H groups in total. The average molecular weight is 387 g/mol. The molecule has 1 aliphatic carbocycles. The van der Waals surface area contributed by atoms with Gasteiger partial charge in [-0.05, 0) is 54.8 Å². The molecule has 4 nitrogen and oxygen atoms in total. The Morgan fingerprint density at radius 2 is 1.81 bits per heavy atom. The molecule has 0 aromatic heterocycles. The Morgan fingerprint density at radius 1 is 1.08 bits per heavy atom. The fourth-order valence-electron chi connectivity index (χ4n) is 2.63. The molecule has 0 spiro atoms. The molecular formula is C20H19ClN2O2S. The number of carbonyl (C=O) groups excluding carboxylic acids is 2. The van der Waals surface area contributed by atoms with Gasteiger partial charge < -0.3 is 0 Å². The number of thioether (sulfide) groups is 1. The van der Waals surface area contributed by atoms with Gasteiger partial charge in [0.05, 0.1) is 0 Å². The number of halogens is 1. The van der Waals surface area contributed by atoms with Crippen LogP contribution < -0.4 is 5.43 Å². The van der Waals surface area contributed by atoms with Crippen LogP contribution in [-0.4, -0.2) is 17.4 Å². The summed E-state index contributed by atoms with van der Waals surface area (Å²) in [5.74, 6) is 0.743. The van der Waals surface area contributed by atoms with Gasteiger partial charge in [-0.3, -0.25) is 9.59 Å². The summed E-state index contributed by atoms with van der Waals surface area (Å²) in [6.07, 6.45) is 2.55. The van der Waals surface area contributed by atoms with Crippen molar-refractivity contribution in [2.45, 2.75) is 36.3 Å². The number of Topliss-reactive ketones (excluding diaryl/α,β-unsaturated/α-hetero) is 1. The van der Waals surface area contributed by atoms with Gasteiger partial charge in [0.15, 0.2) is 0 Å². The molecule has 2 aromatic rings. The molecule has 2 aromatic carbocycles. The van der Waals surface area contributed by atoms with E-state index >= 15 is 0 Å². The van der Waals surface area contributed by atoms with E-state index in [4.69, 9.17) is 11.6 Å². The Hall–Kier alpha value is -2.11. The Morgan fingerprint density at radius 3 is 2.50 bits per heavy atom. The first kappa shape index (κ1) is 18.7. The molecule has 0 atom stereocenters. The molecule has 0 aliphatic heterocycles. The van der Waals surface area contributed by atoms with E-state index in [1.54, 1.807) is 23.9 Å². The van der Waals surface area contributed by atoms with Crippen LogP contribution in [0.1, 0.15) is 41.6 Å². The Balaban J connectivity index is 1.53. The highest BCUT2D eigenvalue weighted by Crippen LogP contribution is 2.24. The summed E-state index contributed by atoms with van der Waals surface area (Å²) >= 11 is 7.60. The van der Waals surface area contributed by atoms with Gasteiger partial charge >= 0.3 is 0 Å². The van der Waals surface area contributed by atoms with Gasteiger partial charge in [0.1, 0.15) is 5.78 Å². The highest BCUT2D eigenvalue weighted by molar-refractivity contribution is 7.98. The van der Waals surface area contributed by atoms with Crippen molar-refractivity contribution in [1.29, 1.82) is 0 Å². The van der Waals surface area contributed by atoms with Gasteiger partial charge in [-0.15, -0.1) is 11.8 Å². The third-order valence-corrected chi connectivity index (χ3v) is 5.41. The van der Waals surface area contributed by atoms with Gasteiger partial charge in [-0.1, -0.05) is 23.7 Å². The molecular weight excluding hydrogens is 368 g/mol. The van der Waals surface area contributed by atoms with Crippen molar-refractivity contribution in [3.05, 3.63) is 64.7 Å². The number of carbonyl (C=O) groups is 2. The van der Waals surface area contributed by atoms with E-state index in [9.17, 15) is 9.59 Å². The van der Waals surface area contributed by atoms with E-state index in [0.29, 0.717) is 18.4 Å². The number of amides is 1. The Bertz CT molecular complexity index is 817. The van der Waals surface area contributed by atoms with E-state index in [-0.39, 0.29) is 11.7 Å². The van der Waals surface area contributed by atoms with Crippen LogP contribution >= 0.6 is 23.4 Å². The third kappa shape index (κ3) is 5.44. The van der Waals surface area contributed by atoms with Crippen LogP contribution in [0.2, 0.25) is 5.02 Å². The Kier molecular flexibility index (Phi) is 6.47. The molecule has 134 valence electrons. The van der Waals surface area contributed by atoms with Crippen molar-refractivity contribution < 1.29 is 9.59 Å². The number of nitrogens with zero attached hydrogens (tertiary/aromatic N) is 1. The first-order chi connectivity index (χ1) is 12.6. The maximum absolute atomic E-state index is 12.2. The maximum atomic E-state index is 12.2. The van der Waals surface area contributed by atoms with E-state index in [1.165, 1.54) is 0 Å². The second-order valence-electron chi connectivity index (χ2n) is 6.13. The van der Waals surface area contributed by atoms with Crippen molar-refractivity contribution in [1.82, 2.24) is 5.43 Å². The molecule has 1 amide bonds. The standard InChI is InChI=1S/C20H19ClN2O2S/c21-16-8-10-19(11-9-16)26-13-14-4-6-15(7-5-14)20(25)23-22-17-2-1-3-18(24)12-17/h4-11H,1-3,12-13H2,(H,23,25)/b22-17+. The number of benzene rings is 2. The number of ketones is 1. The van der Waals surface area contributed by atoms with Crippen LogP contribution in [0, 0.1) is 0 Å². The molecule has 1 aliphatic rings. The largest absolute Gasteiger partial charge is 0.299 e. The second kappa shape index (κ2) is 9.01. The lowest BCUT2D eigenvalue weighted by molar-refractivity contribution is -0.118. The normalized spacial score (nSPS) is 15.9. The fraction of sp³-hybridized carbons (Fsp3) is 0.250. The lowest BCUT2D eigenvalue weighted by Crippen LogP contribution is -2.22. The van der Waals surface area contributed by atoms with Crippen molar-refractivity contribution >= 4 is 40.8 Å². The quantitative estimate of drug-likeness (QED) is 0.589. The SMILES string of the molecule is O=C1CCC/C(=N\NC(=O)c2ccc(CSc3ccc(Cl)cc3)cc2)C1. The zero-order chi connectivity index (χ0) is 18.4. The molecule has 1 saturated carbocycles. The average Bonchev–Trinajstić information content (AvgIpc) is 2.66. The van der Waals surface area contributed by atoms with Crippen molar-refractivity contribution in [3.8, 4) is 0 Å². The van der Waals surface area contributed by atoms with Crippen molar-refractivity contribution in [2.24, 2.45) is 5.10 Å². The van der Waals surface area contributed by atoms with Crippen LogP contribution in [0.4, 0.5) is 0 Å². The summed E-state index contributed by atoms with van der Waals surface area (Å²) in [7, 11) is 0. The second-order valence-corrected chi connectivity index (χ2v) is 7.61. The van der Waals surface area contributed by atoms with Gasteiger partial charge in [-0.25, -0.2) is 5.43 Å². The van der Waals surface area contributed by atoms with Gasteiger partial charge in [0.25, 0.3) is 5.91 Å². The minimum atomic E-state index is -0.257. The molecule has 0 bridgehead atoms. The summed E-state index contributed by atoms with van der Waals surface area (Å²) in [6, 6.07) is 15.2. The summed E-state index contributed by atoms with van der Waals surface area (Å²) < 4.78 is 0. The minimum absolute atomic E-state index is 0.187. The minimum Gasteiger partial charge on any atom is -0.299 e. The third-order valence-electron chi connectivity index (χ3n) is 4.07. The summed E-state index contributed by atoms with van der Waals surface area (Å²) in [6.45, 7) is 0. The molecule has 1 fully saturated rings. The zero-order valence-electron chi connectivity index (χ0n) is 14.2. The molecule has 3 rings (SSSR count). The van der Waals surface area contributed by atoms with E-state index < -0.39 is 0 Å². The summed E-state index contributed by atoms with van der Waals surface area (Å²) in [5.41, 5.74) is 4.99. The topological polar surface area (TPSA) is 58.5 Å². The van der Waals surface area contributed by atoms with Crippen LogP contribution in [0.5, 0.6) is 0 Å². The first-order valence-corrected chi connectivity index (χ1v) is 9.81. The maximum Gasteiger partial charge on any atom is 0.271 e. The predicted octanol–water partition coefficient (Wildman–Crippen LogP) is 4.86. The lowest BCUT2D eigenvalue weighted by atomic mass is 9.97. The van der Waals surface area contributed by atoms with E-state index in [0.717, 1.165) is 39.8 Å². The predicted molar refractivity (Wildman–Crippen MR) is 106 cm³/mol. The number of hydrogen-bond acceptors (Lipinski definition) is 4. The first-order valence-electron chi connectivity index (χ1n) is 8.45. The molecule has 0 heterocycles. The number of hydrazone groups is 1.